The van der Waals surface area contributed by atoms with E-state index in [1.54, 1.807) is 0 Å². The third kappa shape index (κ3) is 3.40. The molecule has 1 heteroatoms. The van der Waals surface area contributed by atoms with Gasteiger partial charge >= 0.3 is 0 Å². The highest BCUT2D eigenvalue weighted by molar-refractivity contribution is 5.10. The average Bonchev–Trinajstić information content (AvgIpc) is 2.99. The molecule has 0 saturated heterocycles. The number of rotatable bonds is 5. The molecular formula is C27H48O. The zero-order chi connectivity index (χ0) is 20.1. The first-order valence-electron chi connectivity index (χ1n) is 13.0. The van der Waals surface area contributed by atoms with Gasteiger partial charge in [0.05, 0.1) is 6.10 Å². The summed E-state index contributed by atoms with van der Waals surface area (Å²) in [6.07, 6.45) is 16.6. The van der Waals surface area contributed by atoms with Gasteiger partial charge in [0.15, 0.2) is 0 Å². The van der Waals surface area contributed by atoms with Crippen LogP contribution in [0.2, 0.25) is 0 Å². The minimum atomic E-state index is -0.0172. The molecule has 4 rings (SSSR count). The zero-order valence-corrected chi connectivity index (χ0v) is 19.6. The minimum Gasteiger partial charge on any atom is -0.393 e. The lowest BCUT2D eigenvalue weighted by Gasteiger charge is -2.62. The Labute approximate surface area is 175 Å². The van der Waals surface area contributed by atoms with Crippen LogP contribution in [0.25, 0.3) is 0 Å². The van der Waals surface area contributed by atoms with Gasteiger partial charge in [0.1, 0.15) is 0 Å². The smallest absolute Gasteiger partial charge is 0.0576 e. The van der Waals surface area contributed by atoms with Gasteiger partial charge in [0.2, 0.25) is 0 Å². The van der Waals surface area contributed by atoms with Crippen LogP contribution in [-0.2, 0) is 0 Å². The molecule has 0 aromatic carbocycles. The lowest BCUT2D eigenvalue weighted by atomic mass is 9.44. The van der Waals surface area contributed by atoms with E-state index in [0.717, 1.165) is 41.9 Å². The van der Waals surface area contributed by atoms with Crippen molar-refractivity contribution in [3.8, 4) is 0 Å². The molecule has 0 aromatic rings. The second kappa shape index (κ2) is 7.90. The second-order valence-electron chi connectivity index (χ2n) is 12.6. The van der Waals surface area contributed by atoms with Crippen LogP contribution in [-0.4, -0.2) is 11.2 Å². The summed E-state index contributed by atoms with van der Waals surface area (Å²) in [5, 5.41) is 11.2. The Morgan fingerprint density at radius 1 is 0.821 bits per heavy atom. The Bertz CT molecular complexity index is 540. The number of hydrogen-bond acceptors (Lipinski definition) is 1. The third-order valence-electron chi connectivity index (χ3n) is 10.8. The van der Waals surface area contributed by atoms with Crippen molar-refractivity contribution in [1.82, 2.24) is 0 Å². The van der Waals surface area contributed by atoms with Gasteiger partial charge < -0.3 is 5.11 Å². The van der Waals surface area contributed by atoms with Gasteiger partial charge in [-0.2, -0.15) is 0 Å². The molecule has 0 heterocycles. The number of aliphatic hydroxyl groups is 1. The van der Waals surface area contributed by atoms with E-state index >= 15 is 0 Å². The van der Waals surface area contributed by atoms with Crippen molar-refractivity contribution in [3.63, 3.8) is 0 Å². The van der Waals surface area contributed by atoms with E-state index in [9.17, 15) is 5.11 Å². The molecular weight excluding hydrogens is 340 g/mol. The van der Waals surface area contributed by atoms with Crippen molar-refractivity contribution in [1.29, 1.82) is 0 Å². The van der Waals surface area contributed by atoms with Crippen LogP contribution in [0.5, 0.6) is 0 Å². The standard InChI is InChI=1S/C27H48O/c1-18(2)9-8-10-19(3)21-12-13-22-20-17-25(28)24-11-6-7-15-26(24,4)23(20)14-16-27(21,22)5/h18-25,28H,6-17H2,1-5H3/t19-,20?,21-,22?,23?,24?,25?,26-,27-/m1/s1. The van der Waals surface area contributed by atoms with E-state index < -0.39 is 0 Å². The number of hydrogen-bond donors (Lipinski definition) is 1. The molecule has 4 aliphatic carbocycles. The van der Waals surface area contributed by atoms with Crippen LogP contribution < -0.4 is 0 Å². The maximum absolute atomic E-state index is 11.2. The summed E-state index contributed by atoms with van der Waals surface area (Å²) in [7, 11) is 0. The molecule has 1 N–H and O–H groups in total. The molecule has 28 heavy (non-hydrogen) atoms. The van der Waals surface area contributed by atoms with E-state index in [2.05, 4.69) is 34.6 Å². The Morgan fingerprint density at radius 3 is 2.32 bits per heavy atom. The van der Waals surface area contributed by atoms with Crippen molar-refractivity contribution >= 4 is 0 Å². The molecule has 4 aliphatic rings. The molecule has 4 saturated carbocycles. The van der Waals surface area contributed by atoms with Crippen LogP contribution in [0.3, 0.4) is 0 Å². The summed E-state index contributed by atoms with van der Waals surface area (Å²) in [4.78, 5) is 0. The lowest BCUT2D eigenvalue weighted by molar-refractivity contribution is -0.159. The SMILES string of the molecule is CC(C)CCC[C@@H](C)[C@H]1CCC2C3CC(O)C4CCCC[C@]4(C)C3CC[C@@]21C. The predicted octanol–water partition coefficient (Wildman–Crippen LogP) is 7.47. The fourth-order valence-corrected chi connectivity index (χ4v) is 9.38. The molecule has 9 atom stereocenters. The summed E-state index contributed by atoms with van der Waals surface area (Å²) in [5.41, 5.74) is 0.985. The van der Waals surface area contributed by atoms with Crippen molar-refractivity contribution in [2.75, 3.05) is 0 Å². The third-order valence-corrected chi connectivity index (χ3v) is 10.8. The number of fused-ring (bicyclic) bond motifs is 5. The maximum atomic E-state index is 11.2. The van der Waals surface area contributed by atoms with Crippen LogP contribution in [0.1, 0.15) is 112 Å². The predicted molar refractivity (Wildman–Crippen MR) is 119 cm³/mol. The van der Waals surface area contributed by atoms with Gasteiger partial charge in [-0.1, -0.05) is 66.7 Å². The molecule has 0 aliphatic heterocycles. The van der Waals surface area contributed by atoms with E-state index in [1.807, 2.05) is 0 Å². The van der Waals surface area contributed by atoms with E-state index in [4.69, 9.17) is 0 Å². The van der Waals surface area contributed by atoms with Gasteiger partial charge in [-0.25, -0.2) is 0 Å². The highest BCUT2D eigenvalue weighted by Crippen LogP contribution is 2.68. The zero-order valence-electron chi connectivity index (χ0n) is 19.6. The highest BCUT2D eigenvalue weighted by atomic mass is 16.3. The Hall–Kier alpha value is -0.0400. The molecule has 0 amide bonds. The van der Waals surface area contributed by atoms with E-state index in [-0.39, 0.29) is 6.10 Å². The lowest BCUT2D eigenvalue weighted by Crippen LogP contribution is -2.57. The van der Waals surface area contributed by atoms with Crippen LogP contribution >= 0.6 is 0 Å². The minimum absolute atomic E-state index is 0.0172. The van der Waals surface area contributed by atoms with Crippen molar-refractivity contribution < 1.29 is 5.11 Å². The Morgan fingerprint density at radius 2 is 1.57 bits per heavy atom. The highest BCUT2D eigenvalue weighted by Gasteiger charge is 2.61. The molecule has 5 unspecified atom stereocenters. The van der Waals surface area contributed by atoms with Gasteiger partial charge in [-0.3, -0.25) is 0 Å². The molecule has 162 valence electrons. The maximum Gasteiger partial charge on any atom is 0.0576 e. The summed E-state index contributed by atoms with van der Waals surface area (Å²) in [6.45, 7) is 12.6. The Kier molecular flexibility index (Phi) is 5.98. The van der Waals surface area contributed by atoms with Gasteiger partial charge in [0, 0.05) is 0 Å². The monoisotopic (exact) mass is 388 g/mol. The molecule has 4 fully saturated rings. The van der Waals surface area contributed by atoms with E-state index in [1.165, 1.54) is 70.6 Å². The largest absolute Gasteiger partial charge is 0.393 e. The van der Waals surface area contributed by atoms with Gasteiger partial charge in [-0.05, 0) is 97.2 Å². The first-order valence-corrected chi connectivity index (χ1v) is 13.0. The molecule has 0 radical (unpaired) electrons. The second-order valence-corrected chi connectivity index (χ2v) is 12.6. The van der Waals surface area contributed by atoms with Crippen molar-refractivity contribution in [2.24, 2.45) is 52.3 Å². The van der Waals surface area contributed by atoms with Gasteiger partial charge in [0.25, 0.3) is 0 Å². The van der Waals surface area contributed by atoms with Crippen molar-refractivity contribution in [3.05, 3.63) is 0 Å². The summed E-state index contributed by atoms with van der Waals surface area (Å²) >= 11 is 0. The first-order chi connectivity index (χ1) is 13.3. The number of aliphatic hydroxyl groups excluding tert-OH is 1. The van der Waals surface area contributed by atoms with Gasteiger partial charge in [-0.15, -0.1) is 0 Å². The Balaban J connectivity index is 1.49. The average molecular weight is 389 g/mol. The van der Waals surface area contributed by atoms with Crippen LogP contribution in [0, 0.1) is 52.3 Å². The van der Waals surface area contributed by atoms with Crippen molar-refractivity contribution in [2.45, 2.75) is 118 Å². The normalized spacial score (nSPS) is 49.4. The van der Waals surface area contributed by atoms with Crippen LogP contribution in [0.4, 0.5) is 0 Å². The molecule has 0 spiro atoms. The summed E-state index contributed by atoms with van der Waals surface area (Å²) in [6, 6.07) is 0. The summed E-state index contributed by atoms with van der Waals surface area (Å²) in [5.74, 6) is 5.85. The fraction of sp³-hybridized carbons (Fsp3) is 1.00. The fourth-order valence-electron chi connectivity index (χ4n) is 9.38. The molecule has 0 bridgehead atoms. The summed E-state index contributed by atoms with van der Waals surface area (Å²) < 4.78 is 0. The van der Waals surface area contributed by atoms with E-state index in [0.29, 0.717) is 16.7 Å². The molecule has 1 nitrogen and oxygen atoms in total. The van der Waals surface area contributed by atoms with Crippen LogP contribution in [0.15, 0.2) is 0 Å². The topological polar surface area (TPSA) is 20.2 Å². The quantitative estimate of drug-likeness (QED) is 0.518. The molecule has 0 aromatic heterocycles. The first kappa shape index (κ1) is 21.2.